The normalized spacial score (nSPS) is 10.6. The van der Waals surface area contributed by atoms with Gasteiger partial charge in [0.2, 0.25) is 11.5 Å². The van der Waals surface area contributed by atoms with E-state index >= 15 is 0 Å². The van der Waals surface area contributed by atoms with Crippen LogP contribution in [0.25, 0.3) is 0 Å². The summed E-state index contributed by atoms with van der Waals surface area (Å²) in [6.07, 6.45) is 2.22. The zero-order valence-electron chi connectivity index (χ0n) is 10.0. The van der Waals surface area contributed by atoms with Crippen LogP contribution in [-0.2, 0) is 13.5 Å². The van der Waals surface area contributed by atoms with E-state index in [2.05, 4.69) is 5.10 Å². The highest BCUT2D eigenvalue weighted by Crippen LogP contribution is 2.16. The average Bonchev–Trinajstić information content (AvgIpc) is 2.94. The van der Waals surface area contributed by atoms with E-state index < -0.39 is 5.97 Å². The predicted octanol–water partition coefficient (Wildman–Crippen LogP) is 1.50. The molecule has 0 radical (unpaired) electrons. The van der Waals surface area contributed by atoms with Crippen molar-refractivity contribution in [3.8, 4) is 0 Å². The highest BCUT2D eigenvalue weighted by molar-refractivity contribution is 6.08. The Morgan fingerprint density at radius 3 is 2.61 bits per heavy atom. The van der Waals surface area contributed by atoms with Crippen LogP contribution in [0, 0.1) is 0 Å². The molecule has 0 aliphatic carbocycles. The van der Waals surface area contributed by atoms with Gasteiger partial charge in [-0.05, 0) is 18.6 Å². The van der Waals surface area contributed by atoms with Crippen molar-refractivity contribution in [2.75, 3.05) is 0 Å². The number of carboxylic acid groups (broad SMARTS) is 1. The lowest BCUT2D eigenvalue weighted by molar-refractivity contribution is 0.0660. The van der Waals surface area contributed by atoms with Gasteiger partial charge < -0.3 is 9.52 Å². The first-order valence-corrected chi connectivity index (χ1v) is 5.43. The van der Waals surface area contributed by atoms with Gasteiger partial charge in [0.1, 0.15) is 0 Å². The van der Waals surface area contributed by atoms with E-state index in [-0.39, 0.29) is 17.3 Å². The first kappa shape index (κ1) is 12.1. The number of hydrogen-bond acceptors (Lipinski definition) is 4. The summed E-state index contributed by atoms with van der Waals surface area (Å²) in [5.41, 5.74) is 1.10. The Bertz CT molecular complexity index is 609. The number of rotatable bonds is 4. The molecule has 2 rings (SSSR count). The molecule has 0 aliphatic rings. The van der Waals surface area contributed by atoms with Gasteiger partial charge in [-0.3, -0.25) is 9.48 Å². The maximum absolute atomic E-state index is 12.1. The van der Waals surface area contributed by atoms with Gasteiger partial charge in [0, 0.05) is 13.2 Å². The largest absolute Gasteiger partial charge is 0.475 e. The third kappa shape index (κ3) is 2.04. The molecule has 1 N–H and O–H groups in total. The van der Waals surface area contributed by atoms with E-state index in [1.807, 2.05) is 6.92 Å². The SMILES string of the molecule is CCc1nn(C)cc1C(=O)c1ccc(C(=O)O)o1. The Balaban J connectivity index is 2.37. The van der Waals surface area contributed by atoms with Crippen LogP contribution in [0.1, 0.15) is 39.3 Å². The molecule has 18 heavy (non-hydrogen) atoms. The molecule has 0 unspecified atom stereocenters. The Labute approximate surface area is 103 Å². The first-order chi connectivity index (χ1) is 8.52. The third-order valence-corrected chi connectivity index (χ3v) is 2.53. The van der Waals surface area contributed by atoms with Crippen LogP contribution in [-0.4, -0.2) is 26.6 Å². The molecule has 0 amide bonds. The van der Waals surface area contributed by atoms with Crippen molar-refractivity contribution in [1.29, 1.82) is 0 Å². The molecule has 0 atom stereocenters. The van der Waals surface area contributed by atoms with E-state index in [4.69, 9.17) is 9.52 Å². The maximum atomic E-state index is 12.1. The highest BCUT2D eigenvalue weighted by atomic mass is 16.4. The molecule has 6 heteroatoms. The van der Waals surface area contributed by atoms with Crippen LogP contribution in [0.4, 0.5) is 0 Å². The fraction of sp³-hybridized carbons (Fsp3) is 0.250. The molecule has 0 saturated heterocycles. The van der Waals surface area contributed by atoms with Gasteiger partial charge in [-0.15, -0.1) is 0 Å². The smallest absolute Gasteiger partial charge is 0.371 e. The first-order valence-electron chi connectivity index (χ1n) is 5.43. The molecule has 0 fully saturated rings. The number of ketones is 1. The van der Waals surface area contributed by atoms with Crippen LogP contribution in [0.3, 0.4) is 0 Å². The van der Waals surface area contributed by atoms with Crippen molar-refractivity contribution < 1.29 is 19.1 Å². The zero-order valence-corrected chi connectivity index (χ0v) is 10.0. The van der Waals surface area contributed by atoms with Gasteiger partial charge in [0.15, 0.2) is 5.76 Å². The minimum Gasteiger partial charge on any atom is -0.475 e. The number of carboxylic acids is 1. The second kappa shape index (κ2) is 4.48. The highest BCUT2D eigenvalue weighted by Gasteiger charge is 2.20. The van der Waals surface area contributed by atoms with E-state index in [0.29, 0.717) is 17.7 Å². The van der Waals surface area contributed by atoms with Crippen LogP contribution in [0.5, 0.6) is 0 Å². The fourth-order valence-electron chi connectivity index (χ4n) is 1.69. The summed E-state index contributed by atoms with van der Waals surface area (Å²) >= 11 is 0. The second-order valence-corrected chi connectivity index (χ2v) is 3.81. The van der Waals surface area contributed by atoms with Crippen molar-refractivity contribution in [3.05, 3.63) is 41.1 Å². The number of carbonyl (C=O) groups is 2. The molecule has 0 aliphatic heterocycles. The van der Waals surface area contributed by atoms with Crippen LogP contribution in [0.2, 0.25) is 0 Å². The molecule has 0 aromatic carbocycles. The molecule has 0 saturated carbocycles. The van der Waals surface area contributed by atoms with Crippen molar-refractivity contribution in [3.63, 3.8) is 0 Å². The Morgan fingerprint density at radius 1 is 1.39 bits per heavy atom. The molecule has 2 heterocycles. The molecule has 0 spiro atoms. The van der Waals surface area contributed by atoms with Crippen molar-refractivity contribution >= 4 is 11.8 Å². The van der Waals surface area contributed by atoms with Gasteiger partial charge >= 0.3 is 5.97 Å². The summed E-state index contributed by atoms with van der Waals surface area (Å²) in [5.74, 6) is -1.79. The predicted molar refractivity (Wildman–Crippen MR) is 61.7 cm³/mol. The molecular formula is C12H12N2O4. The maximum Gasteiger partial charge on any atom is 0.371 e. The Hall–Kier alpha value is -2.37. The van der Waals surface area contributed by atoms with Gasteiger partial charge in [0.05, 0.1) is 11.3 Å². The lowest BCUT2D eigenvalue weighted by atomic mass is 10.1. The van der Waals surface area contributed by atoms with Gasteiger partial charge in [0.25, 0.3) is 0 Å². The number of aromatic nitrogens is 2. The number of aryl methyl sites for hydroxylation is 2. The summed E-state index contributed by atoms with van der Waals surface area (Å²) in [6.45, 7) is 1.89. The molecule has 2 aromatic rings. The average molecular weight is 248 g/mol. The van der Waals surface area contributed by atoms with E-state index in [1.54, 1.807) is 17.9 Å². The minimum absolute atomic E-state index is 0.00935. The van der Waals surface area contributed by atoms with Crippen molar-refractivity contribution in [2.45, 2.75) is 13.3 Å². The van der Waals surface area contributed by atoms with E-state index in [1.165, 1.54) is 12.1 Å². The summed E-state index contributed by atoms with van der Waals surface area (Å²) in [7, 11) is 1.72. The lowest BCUT2D eigenvalue weighted by Gasteiger charge is -1.95. The molecule has 6 nitrogen and oxygen atoms in total. The number of furan rings is 1. The van der Waals surface area contributed by atoms with E-state index in [9.17, 15) is 9.59 Å². The van der Waals surface area contributed by atoms with Gasteiger partial charge in [-0.2, -0.15) is 5.10 Å². The molecule has 94 valence electrons. The Kier molecular flexibility index (Phi) is 3.01. The Morgan fingerprint density at radius 2 is 2.06 bits per heavy atom. The standard InChI is InChI=1S/C12H12N2O4/c1-3-8-7(6-14(2)13-8)11(15)9-4-5-10(18-9)12(16)17/h4-6H,3H2,1-2H3,(H,16,17). The van der Waals surface area contributed by atoms with Gasteiger partial charge in [-0.25, -0.2) is 4.79 Å². The van der Waals surface area contributed by atoms with Crippen molar-refractivity contribution in [1.82, 2.24) is 9.78 Å². The number of carbonyl (C=O) groups excluding carboxylic acids is 1. The molecule has 2 aromatic heterocycles. The molecule has 0 bridgehead atoms. The van der Waals surface area contributed by atoms with Crippen LogP contribution >= 0.6 is 0 Å². The lowest BCUT2D eigenvalue weighted by Crippen LogP contribution is -2.02. The summed E-state index contributed by atoms with van der Waals surface area (Å²) in [4.78, 5) is 22.8. The monoisotopic (exact) mass is 248 g/mol. The minimum atomic E-state index is -1.20. The fourth-order valence-corrected chi connectivity index (χ4v) is 1.69. The molecular weight excluding hydrogens is 236 g/mol. The summed E-state index contributed by atoms with van der Waals surface area (Å²) in [5, 5.41) is 12.9. The quantitative estimate of drug-likeness (QED) is 0.829. The topological polar surface area (TPSA) is 85.3 Å². The van der Waals surface area contributed by atoms with Gasteiger partial charge in [-0.1, -0.05) is 6.92 Å². The van der Waals surface area contributed by atoms with E-state index in [0.717, 1.165) is 0 Å². The van der Waals surface area contributed by atoms with Crippen LogP contribution < -0.4 is 0 Å². The number of aromatic carboxylic acids is 1. The second-order valence-electron chi connectivity index (χ2n) is 3.81. The summed E-state index contributed by atoms with van der Waals surface area (Å²) in [6, 6.07) is 2.62. The number of hydrogen-bond donors (Lipinski definition) is 1. The zero-order chi connectivity index (χ0) is 13.3. The number of nitrogens with zero attached hydrogens (tertiary/aromatic N) is 2. The summed E-state index contributed by atoms with van der Waals surface area (Å²) < 4.78 is 6.53. The third-order valence-electron chi connectivity index (χ3n) is 2.53. The van der Waals surface area contributed by atoms with Crippen molar-refractivity contribution in [2.24, 2.45) is 7.05 Å². The van der Waals surface area contributed by atoms with Crippen LogP contribution in [0.15, 0.2) is 22.7 Å².